The van der Waals surface area contributed by atoms with Crippen molar-refractivity contribution in [2.45, 2.75) is 26.8 Å². The minimum atomic E-state index is 0.0183. The lowest BCUT2D eigenvalue weighted by Crippen LogP contribution is -2.26. The van der Waals surface area contributed by atoms with Gasteiger partial charge >= 0.3 is 0 Å². The van der Waals surface area contributed by atoms with Crippen molar-refractivity contribution in [3.05, 3.63) is 35.4 Å². The average Bonchev–Trinajstić information content (AvgIpc) is 2.94. The SMILES string of the molecule is C/C=C\Cn1c(C(=O)NCCC)cc2ccsc21. The van der Waals surface area contributed by atoms with Crippen molar-refractivity contribution in [1.82, 2.24) is 9.88 Å². The first-order valence-electron chi connectivity index (χ1n) is 6.24. The smallest absolute Gasteiger partial charge is 0.267 e. The third-order valence-corrected chi connectivity index (χ3v) is 3.75. The lowest BCUT2D eigenvalue weighted by molar-refractivity contribution is 0.0945. The molecule has 96 valence electrons. The highest BCUT2D eigenvalue weighted by molar-refractivity contribution is 7.16. The molecule has 1 amide bonds. The number of nitrogens with one attached hydrogen (secondary N) is 1. The minimum absolute atomic E-state index is 0.0183. The van der Waals surface area contributed by atoms with Crippen LogP contribution in [0.15, 0.2) is 29.7 Å². The van der Waals surface area contributed by atoms with Crippen LogP contribution in [0.5, 0.6) is 0 Å². The fourth-order valence-corrected chi connectivity index (χ4v) is 2.79. The van der Waals surface area contributed by atoms with Gasteiger partial charge in [-0.25, -0.2) is 0 Å². The molecular weight excluding hydrogens is 244 g/mol. The molecule has 18 heavy (non-hydrogen) atoms. The molecule has 3 nitrogen and oxygen atoms in total. The highest BCUT2D eigenvalue weighted by atomic mass is 32.1. The van der Waals surface area contributed by atoms with Gasteiger partial charge in [0.25, 0.3) is 5.91 Å². The van der Waals surface area contributed by atoms with Crippen LogP contribution < -0.4 is 5.32 Å². The zero-order chi connectivity index (χ0) is 13.0. The van der Waals surface area contributed by atoms with Crippen molar-refractivity contribution in [1.29, 1.82) is 0 Å². The van der Waals surface area contributed by atoms with Gasteiger partial charge in [-0.3, -0.25) is 4.79 Å². The van der Waals surface area contributed by atoms with E-state index in [1.807, 2.05) is 19.1 Å². The first kappa shape index (κ1) is 12.9. The van der Waals surface area contributed by atoms with Gasteiger partial charge in [0.15, 0.2) is 0 Å². The Bertz CT molecular complexity index is 565. The number of rotatable bonds is 5. The third-order valence-electron chi connectivity index (χ3n) is 2.79. The molecule has 1 N–H and O–H groups in total. The Hall–Kier alpha value is -1.55. The number of aromatic nitrogens is 1. The summed E-state index contributed by atoms with van der Waals surface area (Å²) in [6.45, 7) is 5.51. The fourth-order valence-electron chi connectivity index (χ4n) is 1.88. The van der Waals surface area contributed by atoms with E-state index >= 15 is 0 Å². The quantitative estimate of drug-likeness (QED) is 0.823. The zero-order valence-electron chi connectivity index (χ0n) is 10.8. The summed E-state index contributed by atoms with van der Waals surface area (Å²) in [6, 6.07) is 4.03. The molecule has 4 heteroatoms. The van der Waals surface area contributed by atoms with E-state index < -0.39 is 0 Å². The number of hydrogen-bond donors (Lipinski definition) is 1. The van der Waals surface area contributed by atoms with Crippen molar-refractivity contribution in [2.24, 2.45) is 0 Å². The molecule has 0 atom stereocenters. The maximum absolute atomic E-state index is 12.1. The second-order valence-electron chi connectivity index (χ2n) is 4.15. The van der Waals surface area contributed by atoms with Crippen LogP contribution in [0.1, 0.15) is 30.8 Å². The Morgan fingerprint density at radius 1 is 1.56 bits per heavy atom. The van der Waals surface area contributed by atoms with Gasteiger partial charge in [-0.1, -0.05) is 19.1 Å². The first-order valence-corrected chi connectivity index (χ1v) is 7.12. The lowest BCUT2D eigenvalue weighted by atomic mass is 10.3. The molecule has 0 aliphatic carbocycles. The van der Waals surface area contributed by atoms with E-state index in [1.165, 1.54) is 0 Å². The molecule has 0 saturated carbocycles. The monoisotopic (exact) mass is 262 g/mol. The molecule has 0 bridgehead atoms. The second kappa shape index (κ2) is 5.87. The van der Waals surface area contributed by atoms with Crippen LogP contribution >= 0.6 is 11.3 Å². The van der Waals surface area contributed by atoms with Crippen molar-refractivity contribution < 1.29 is 4.79 Å². The van der Waals surface area contributed by atoms with Crippen LogP contribution in [0.4, 0.5) is 0 Å². The molecule has 2 aromatic heterocycles. The fraction of sp³-hybridized carbons (Fsp3) is 0.357. The molecule has 0 unspecified atom stereocenters. The van der Waals surface area contributed by atoms with Gasteiger partial charge in [-0.05, 0) is 30.9 Å². The standard InChI is InChI=1S/C14H18N2OS/c1-3-5-8-16-12(13(17)15-7-4-2)10-11-6-9-18-14(11)16/h3,5-6,9-10H,4,7-8H2,1-2H3,(H,15,17)/b5-3-. The maximum atomic E-state index is 12.1. The van der Waals surface area contributed by atoms with E-state index in [9.17, 15) is 4.79 Å². The average molecular weight is 262 g/mol. The summed E-state index contributed by atoms with van der Waals surface area (Å²) in [5, 5.41) is 6.14. The molecule has 0 fully saturated rings. The van der Waals surface area contributed by atoms with Gasteiger partial charge in [0.1, 0.15) is 10.5 Å². The van der Waals surface area contributed by atoms with Crippen molar-refractivity contribution >= 4 is 27.5 Å². The Morgan fingerprint density at radius 2 is 2.39 bits per heavy atom. The molecule has 2 aromatic rings. The van der Waals surface area contributed by atoms with E-state index in [0.717, 1.165) is 35.4 Å². The third kappa shape index (κ3) is 2.48. The summed E-state index contributed by atoms with van der Waals surface area (Å²) in [5.41, 5.74) is 0.753. The minimum Gasteiger partial charge on any atom is -0.351 e. The highest BCUT2D eigenvalue weighted by Gasteiger charge is 2.14. The topological polar surface area (TPSA) is 34.0 Å². The summed E-state index contributed by atoms with van der Waals surface area (Å²) in [7, 11) is 0. The van der Waals surface area contributed by atoms with Gasteiger partial charge in [0, 0.05) is 18.5 Å². The number of hydrogen-bond acceptors (Lipinski definition) is 2. The van der Waals surface area contributed by atoms with Crippen molar-refractivity contribution in [3.63, 3.8) is 0 Å². The number of thiophene rings is 1. The molecule has 2 heterocycles. The molecule has 0 saturated heterocycles. The maximum Gasteiger partial charge on any atom is 0.267 e. The molecule has 0 aliphatic heterocycles. The molecule has 0 aliphatic rings. The lowest BCUT2D eigenvalue weighted by Gasteiger charge is -2.07. The van der Waals surface area contributed by atoms with Crippen LogP contribution in [0, 0.1) is 0 Å². The van der Waals surface area contributed by atoms with E-state index in [-0.39, 0.29) is 5.91 Å². The van der Waals surface area contributed by atoms with Gasteiger partial charge in [-0.2, -0.15) is 0 Å². The Balaban J connectivity index is 2.35. The van der Waals surface area contributed by atoms with Crippen LogP contribution in [-0.4, -0.2) is 17.0 Å². The predicted molar refractivity (Wildman–Crippen MR) is 77.3 cm³/mol. The van der Waals surface area contributed by atoms with E-state index in [1.54, 1.807) is 11.3 Å². The van der Waals surface area contributed by atoms with Crippen LogP contribution in [0.3, 0.4) is 0 Å². The normalized spacial score (nSPS) is 11.4. The van der Waals surface area contributed by atoms with Gasteiger partial charge in [-0.15, -0.1) is 11.3 Å². The van der Waals surface area contributed by atoms with Crippen molar-refractivity contribution in [3.8, 4) is 0 Å². The van der Waals surface area contributed by atoms with Crippen LogP contribution in [0.2, 0.25) is 0 Å². The Morgan fingerprint density at radius 3 is 3.11 bits per heavy atom. The summed E-state index contributed by atoms with van der Waals surface area (Å²) in [6.07, 6.45) is 5.03. The Kier molecular flexibility index (Phi) is 4.20. The van der Waals surface area contributed by atoms with Crippen LogP contribution in [-0.2, 0) is 6.54 Å². The van der Waals surface area contributed by atoms with Gasteiger partial charge in [0.05, 0.1) is 0 Å². The molecule has 0 radical (unpaired) electrons. The van der Waals surface area contributed by atoms with E-state index in [4.69, 9.17) is 0 Å². The number of amides is 1. The molecule has 0 spiro atoms. The summed E-state index contributed by atoms with van der Waals surface area (Å²) in [4.78, 5) is 13.3. The van der Waals surface area contributed by atoms with E-state index in [0.29, 0.717) is 0 Å². The first-order chi connectivity index (χ1) is 8.77. The second-order valence-corrected chi connectivity index (χ2v) is 5.04. The largest absolute Gasteiger partial charge is 0.351 e. The zero-order valence-corrected chi connectivity index (χ0v) is 11.6. The van der Waals surface area contributed by atoms with Gasteiger partial charge in [0.2, 0.25) is 0 Å². The number of allylic oxidation sites excluding steroid dienone is 2. The summed E-state index contributed by atoms with van der Waals surface area (Å²) in [5.74, 6) is 0.0183. The number of carbonyl (C=O) groups is 1. The van der Waals surface area contributed by atoms with E-state index in [2.05, 4.69) is 34.3 Å². The number of fused-ring (bicyclic) bond motifs is 1. The van der Waals surface area contributed by atoms with Crippen molar-refractivity contribution in [2.75, 3.05) is 6.54 Å². The van der Waals surface area contributed by atoms with Crippen LogP contribution in [0.25, 0.3) is 10.2 Å². The molecule has 2 rings (SSSR count). The number of carbonyl (C=O) groups excluding carboxylic acids is 1. The predicted octanol–water partition coefficient (Wildman–Crippen LogP) is 3.42. The number of nitrogens with zero attached hydrogens (tertiary/aromatic N) is 1. The molecular formula is C14H18N2OS. The Labute approximate surface area is 111 Å². The summed E-state index contributed by atoms with van der Waals surface area (Å²) < 4.78 is 2.07. The van der Waals surface area contributed by atoms with Gasteiger partial charge < -0.3 is 9.88 Å². The highest BCUT2D eigenvalue weighted by Crippen LogP contribution is 2.25. The summed E-state index contributed by atoms with van der Waals surface area (Å²) >= 11 is 1.68. The molecule has 0 aromatic carbocycles.